The van der Waals surface area contributed by atoms with Crippen molar-refractivity contribution in [2.24, 2.45) is 0 Å². The fraction of sp³-hybridized carbons (Fsp3) is 0.462. The minimum Gasteiger partial charge on any atom is -0.497 e. The van der Waals surface area contributed by atoms with Crippen LogP contribution in [0.3, 0.4) is 0 Å². The Balaban J connectivity index is 1.99. The van der Waals surface area contributed by atoms with E-state index in [1.165, 1.54) is 6.42 Å². The number of aromatic nitrogens is 2. The SMILES string of the molecule is COc1ccc2c(cnn2C2CCCCO2)c1. The number of methoxy groups -OCH3 is 1. The van der Waals surface area contributed by atoms with E-state index in [0.717, 1.165) is 36.1 Å². The van der Waals surface area contributed by atoms with E-state index in [9.17, 15) is 0 Å². The second kappa shape index (κ2) is 4.37. The number of nitrogens with zero attached hydrogens (tertiary/aromatic N) is 2. The Morgan fingerprint density at radius 1 is 1.41 bits per heavy atom. The Morgan fingerprint density at radius 3 is 3.12 bits per heavy atom. The van der Waals surface area contributed by atoms with Crippen LogP contribution in [-0.4, -0.2) is 23.5 Å². The van der Waals surface area contributed by atoms with Crippen LogP contribution in [0.25, 0.3) is 10.9 Å². The molecule has 90 valence electrons. The number of ether oxygens (including phenoxy) is 2. The molecule has 4 heteroatoms. The highest BCUT2D eigenvalue weighted by Gasteiger charge is 2.18. The average molecular weight is 232 g/mol. The molecule has 1 aromatic heterocycles. The van der Waals surface area contributed by atoms with Crippen molar-refractivity contribution in [2.75, 3.05) is 13.7 Å². The fourth-order valence-corrected chi connectivity index (χ4v) is 2.30. The van der Waals surface area contributed by atoms with Crippen molar-refractivity contribution in [3.63, 3.8) is 0 Å². The van der Waals surface area contributed by atoms with Crippen molar-refractivity contribution < 1.29 is 9.47 Å². The number of fused-ring (bicyclic) bond motifs is 1. The van der Waals surface area contributed by atoms with Gasteiger partial charge in [-0.1, -0.05) is 0 Å². The summed E-state index contributed by atoms with van der Waals surface area (Å²) in [7, 11) is 1.68. The largest absolute Gasteiger partial charge is 0.497 e. The third-order valence-electron chi connectivity index (χ3n) is 3.23. The van der Waals surface area contributed by atoms with E-state index in [-0.39, 0.29) is 6.23 Å². The molecule has 0 saturated carbocycles. The molecule has 2 heterocycles. The van der Waals surface area contributed by atoms with Crippen molar-refractivity contribution in [3.05, 3.63) is 24.4 Å². The third-order valence-corrected chi connectivity index (χ3v) is 3.23. The standard InChI is InChI=1S/C13H16N2O2/c1-16-11-5-6-12-10(8-11)9-14-15(12)13-4-2-3-7-17-13/h5-6,8-9,13H,2-4,7H2,1H3. The Labute approximate surface area is 100 Å². The first-order valence-corrected chi connectivity index (χ1v) is 6.01. The lowest BCUT2D eigenvalue weighted by Gasteiger charge is -2.23. The second-order valence-corrected chi connectivity index (χ2v) is 4.34. The van der Waals surface area contributed by atoms with Crippen molar-refractivity contribution in [1.29, 1.82) is 0 Å². The maximum Gasteiger partial charge on any atom is 0.150 e. The number of benzene rings is 1. The van der Waals surface area contributed by atoms with E-state index < -0.39 is 0 Å². The summed E-state index contributed by atoms with van der Waals surface area (Å²) < 4.78 is 12.9. The topological polar surface area (TPSA) is 36.3 Å². The summed E-state index contributed by atoms with van der Waals surface area (Å²) in [6, 6.07) is 6.00. The highest BCUT2D eigenvalue weighted by molar-refractivity contribution is 5.80. The molecule has 1 aromatic carbocycles. The van der Waals surface area contributed by atoms with E-state index in [2.05, 4.69) is 5.10 Å². The van der Waals surface area contributed by atoms with Gasteiger partial charge in [0, 0.05) is 12.0 Å². The molecule has 0 radical (unpaired) electrons. The van der Waals surface area contributed by atoms with Crippen LogP contribution in [0.4, 0.5) is 0 Å². The molecule has 2 aromatic rings. The Bertz CT molecular complexity index is 515. The van der Waals surface area contributed by atoms with E-state index >= 15 is 0 Å². The van der Waals surface area contributed by atoms with Gasteiger partial charge in [0.1, 0.15) is 5.75 Å². The van der Waals surface area contributed by atoms with Gasteiger partial charge in [0.05, 0.1) is 18.8 Å². The normalized spacial score (nSPS) is 20.6. The van der Waals surface area contributed by atoms with Crippen molar-refractivity contribution in [2.45, 2.75) is 25.5 Å². The summed E-state index contributed by atoms with van der Waals surface area (Å²) in [5, 5.41) is 5.53. The van der Waals surface area contributed by atoms with E-state index in [1.54, 1.807) is 7.11 Å². The molecule has 1 unspecified atom stereocenters. The van der Waals surface area contributed by atoms with Gasteiger partial charge in [-0.05, 0) is 37.5 Å². The maximum absolute atomic E-state index is 5.76. The van der Waals surface area contributed by atoms with Gasteiger partial charge < -0.3 is 9.47 Å². The maximum atomic E-state index is 5.76. The Hall–Kier alpha value is -1.55. The third kappa shape index (κ3) is 1.89. The first-order valence-electron chi connectivity index (χ1n) is 6.01. The van der Waals surface area contributed by atoms with Crippen LogP contribution in [0.5, 0.6) is 5.75 Å². The summed E-state index contributed by atoms with van der Waals surface area (Å²) in [4.78, 5) is 0. The van der Waals surface area contributed by atoms with Gasteiger partial charge in [-0.2, -0.15) is 5.10 Å². The van der Waals surface area contributed by atoms with Gasteiger partial charge in [-0.25, -0.2) is 4.68 Å². The molecular weight excluding hydrogens is 216 g/mol. The summed E-state index contributed by atoms with van der Waals surface area (Å²) in [5.41, 5.74) is 1.11. The molecule has 1 aliphatic rings. The van der Waals surface area contributed by atoms with Gasteiger partial charge in [-0.15, -0.1) is 0 Å². The number of hydrogen-bond donors (Lipinski definition) is 0. The van der Waals surface area contributed by atoms with Crippen molar-refractivity contribution in [3.8, 4) is 5.75 Å². The zero-order chi connectivity index (χ0) is 11.7. The second-order valence-electron chi connectivity index (χ2n) is 4.34. The van der Waals surface area contributed by atoms with E-state index in [0.29, 0.717) is 0 Å². The van der Waals surface area contributed by atoms with Gasteiger partial charge in [0.15, 0.2) is 6.23 Å². The molecule has 0 spiro atoms. The van der Waals surface area contributed by atoms with Gasteiger partial charge in [0.2, 0.25) is 0 Å². The lowest BCUT2D eigenvalue weighted by atomic mass is 10.2. The molecule has 4 nitrogen and oxygen atoms in total. The van der Waals surface area contributed by atoms with Crippen LogP contribution in [0, 0.1) is 0 Å². The summed E-state index contributed by atoms with van der Waals surface area (Å²) >= 11 is 0. The summed E-state index contributed by atoms with van der Waals surface area (Å²) in [6.07, 6.45) is 5.37. The van der Waals surface area contributed by atoms with Crippen molar-refractivity contribution in [1.82, 2.24) is 9.78 Å². The van der Waals surface area contributed by atoms with Crippen LogP contribution in [0.1, 0.15) is 25.5 Å². The first kappa shape index (κ1) is 10.6. The van der Waals surface area contributed by atoms with Crippen LogP contribution in [0.2, 0.25) is 0 Å². The van der Waals surface area contributed by atoms with Crippen molar-refractivity contribution >= 4 is 10.9 Å². The minimum atomic E-state index is 0.0923. The summed E-state index contributed by atoms with van der Waals surface area (Å²) in [6.45, 7) is 0.835. The average Bonchev–Trinajstić information content (AvgIpc) is 2.82. The molecule has 1 atom stereocenters. The zero-order valence-corrected chi connectivity index (χ0v) is 9.93. The van der Waals surface area contributed by atoms with Gasteiger partial charge >= 0.3 is 0 Å². The zero-order valence-electron chi connectivity index (χ0n) is 9.93. The molecular formula is C13H16N2O2. The number of hydrogen-bond acceptors (Lipinski definition) is 3. The monoisotopic (exact) mass is 232 g/mol. The smallest absolute Gasteiger partial charge is 0.150 e. The lowest BCUT2D eigenvalue weighted by molar-refractivity contribution is -0.0366. The molecule has 3 rings (SSSR count). The quantitative estimate of drug-likeness (QED) is 0.798. The molecule has 1 fully saturated rings. The van der Waals surface area contributed by atoms with Gasteiger partial charge in [0.25, 0.3) is 0 Å². The molecule has 0 bridgehead atoms. The molecule has 17 heavy (non-hydrogen) atoms. The molecule has 0 aliphatic carbocycles. The predicted octanol–water partition coefficient (Wildman–Crippen LogP) is 2.74. The van der Waals surface area contributed by atoms with Crippen LogP contribution in [0.15, 0.2) is 24.4 Å². The minimum absolute atomic E-state index is 0.0923. The van der Waals surface area contributed by atoms with E-state index in [4.69, 9.17) is 9.47 Å². The van der Waals surface area contributed by atoms with Crippen LogP contribution >= 0.6 is 0 Å². The lowest BCUT2D eigenvalue weighted by Crippen LogP contribution is -2.18. The van der Waals surface area contributed by atoms with Crippen LogP contribution < -0.4 is 4.74 Å². The fourth-order valence-electron chi connectivity index (χ4n) is 2.30. The highest BCUT2D eigenvalue weighted by Crippen LogP contribution is 2.27. The highest BCUT2D eigenvalue weighted by atomic mass is 16.5. The Kier molecular flexibility index (Phi) is 2.73. The van der Waals surface area contributed by atoms with E-state index in [1.807, 2.05) is 29.1 Å². The predicted molar refractivity (Wildman–Crippen MR) is 65.1 cm³/mol. The summed E-state index contributed by atoms with van der Waals surface area (Å²) in [5.74, 6) is 0.863. The Morgan fingerprint density at radius 2 is 2.35 bits per heavy atom. The molecule has 1 aliphatic heterocycles. The van der Waals surface area contributed by atoms with Crippen LogP contribution in [-0.2, 0) is 4.74 Å². The van der Waals surface area contributed by atoms with Gasteiger partial charge in [-0.3, -0.25) is 0 Å². The molecule has 0 amide bonds. The number of rotatable bonds is 2. The molecule has 0 N–H and O–H groups in total. The molecule has 1 saturated heterocycles. The first-order chi connectivity index (χ1) is 8.38.